The summed E-state index contributed by atoms with van der Waals surface area (Å²) in [7, 11) is -2.52. The summed E-state index contributed by atoms with van der Waals surface area (Å²) < 4.78 is 20.8. The molecule has 1 aliphatic heterocycles. The summed E-state index contributed by atoms with van der Waals surface area (Å²) in [6, 6.07) is 0. The van der Waals surface area contributed by atoms with Crippen molar-refractivity contribution in [3.8, 4) is 0 Å². The predicted octanol–water partition coefficient (Wildman–Crippen LogP) is 0.482. The van der Waals surface area contributed by atoms with E-state index in [1.165, 1.54) is 6.08 Å². The first-order chi connectivity index (χ1) is 6.03. The van der Waals surface area contributed by atoms with Crippen molar-refractivity contribution in [3.05, 3.63) is 11.9 Å². The van der Waals surface area contributed by atoms with Crippen LogP contribution in [-0.4, -0.2) is 35.7 Å². The Kier molecular flexibility index (Phi) is 3.64. The van der Waals surface area contributed by atoms with Gasteiger partial charge in [0.25, 0.3) is 0 Å². The van der Waals surface area contributed by atoms with Crippen LogP contribution in [-0.2, 0) is 14.0 Å². The van der Waals surface area contributed by atoms with Crippen molar-refractivity contribution in [2.24, 2.45) is 0 Å². The molecule has 2 N–H and O–H groups in total. The van der Waals surface area contributed by atoms with Crippen LogP contribution in [0.1, 0.15) is 6.42 Å². The minimum atomic E-state index is -4.07. The molecule has 13 heavy (non-hydrogen) atoms. The van der Waals surface area contributed by atoms with Crippen molar-refractivity contribution < 1.29 is 23.8 Å². The summed E-state index contributed by atoms with van der Waals surface area (Å²) >= 11 is 0. The molecule has 0 spiro atoms. The number of ether oxygens (including phenoxy) is 2. The molecule has 1 rings (SSSR count). The molecule has 0 aliphatic carbocycles. The SMILES string of the molecule is CO[C@@H]1CCO[C@@H]1/C=C/P(=O)(O)O. The van der Waals surface area contributed by atoms with E-state index in [0.29, 0.717) is 6.61 Å². The van der Waals surface area contributed by atoms with Gasteiger partial charge in [-0.05, 0) is 12.5 Å². The van der Waals surface area contributed by atoms with Gasteiger partial charge in [0.1, 0.15) is 6.10 Å². The summed E-state index contributed by atoms with van der Waals surface area (Å²) in [5.74, 6) is 0.856. The van der Waals surface area contributed by atoms with E-state index in [9.17, 15) is 4.57 Å². The molecule has 2 atom stereocenters. The fraction of sp³-hybridized carbons (Fsp3) is 0.714. The minimum absolute atomic E-state index is 0.0946. The molecule has 0 unspecified atom stereocenters. The summed E-state index contributed by atoms with van der Waals surface area (Å²) in [5, 5.41) is 0. The van der Waals surface area contributed by atoms with Crippen molar-refractivity contribution in [1.29, 1.82) is 0 Å². The van der Waals surface area contributed by atoms with Crippen molar-refractivity contribution in [3.63, 3.8) is 0 Å². The molecule has 0 amide bonds. The second-order valence-corrected chi connectivity index (χ2v) is 4.31. The number of hydrogen-bond donors (Lipinski definition) is 2. The van der Waals surface area contributed by atoms with Gasteiger partial charge in [0.05, 0.1) is 12.7 Å². The van der Waals surface area contributed by atoms with E-state index in [1.807, 2.05) is 0 Å². The molecule has 1 fully saturated rings. The topological polar surface area (TPSA) is 76.0 Å². The lowest BCUT2D eigenvalue weighted by atomic mass is 10.2. The highest BCUT2D eigenvalue weighted by molar-refractivity contribution is 7.55. The first kappa shape index (κ1) is 10.9. The van der Waals surface area contributed by atoms with Gasteiger partial charge >= 0.3 is 7.60 Å². The summed E-state index contributed by atoms with van der Waals surface area (Å²) in [5.41, 5.74) is 0. The molecule has 0 bridgehead atoms. The van der Waals surface area contributed by atoms with Gasteiger partial charge in [-0.3, -0.25) is 4.57 Å². The van der Waals surface area contributed by atoms with Gasteiger partial charge in [0.15, 0.2) is 0 Å². The maximum atomic E-state index is 10.5. The van der Waals surface area contributed by atoms with E-state index in [-0.39, 0.29) is 12.2 Å². The normalized spacial score (nSPS) is 30.1. The molecule has 1 saturated heterocycles. The zero-order valence-corrected chi connectivity index (χ0v) is 8.18. The molecule has 0 saturated carbocycles. The quantitative estimate of drug-likeness (QED) is 0.660. The molecule has 1 heterocycles. The van der Waals surface area contributed by atoms with Crippen LogP contribution in [0.5, 0.6) is 0 Å². The third-order valence-electron chi connectivity index (χ3n) is 1.85. The maximum Gasteiger partial charge on any atom is 0.348 e. The first-order valence-corrected chi connectivity index (χ1v) is 5.60. The Bertz CT molecular complexity index is 233. The molecule has 1 aliphatic rings. The minimum Gasteiger partial charge on any atom is -0.378 e. The highest BCUT2D eigenvalue weighted by Gasteiger charge is 2.26. The second kappa shape index (κ2) is 4.35. The Labute approximate surface area is 76.5 Å². The van der Waals surface area contributed by atoms with Gasteiger partial charge < -0.3 is 19.3 Å². The summed E-state index contributed by atoms with van der Waals surface area (Å²) in [6.45, 7) is 0.564. The van der Waals surface area contributed by atoms with E-state index in [2.05, 4.69) is 0 Å². The second-order valence-electron chi connectivity index (χ2n) is 2.83. The molecule has 0 aromatic rings. The van der Waals surface area contributed by atoms with Gasteiger partial charge in [-0.15, -0.1) is 0 Å². The van der Waals surface area contributed by atoms with Gasteiger partial charge in [-0.1, -0.05) is 0 Å². The summed E-state index contributed by atoms with van der Waals surface area (Å²) in [4.78, 5) is 17.1. The van der Waals surface area contributed by atoms with E-state index < -0.39 is 7.60 Å². The molecule has 0 aromatic carbocycles. The van der Waals surface area contributed by atoms with Crippen LogP contribution >= 0.6 is 7.60 Å². The van der Waals surface area contributed by atoms with E-state index in [4.69, 9.17) is 19.3 Å². The van der Waals surface area contributed by atoms with E-state index >= 15 is 0 Å². The van der Waals surface area contributed by atoms with Crippen LogP contribution in [0, 0.1) is 0 Å². The zero-order chi connectivity index (χ0) is 9.90. The molecule has 76 valence electrons. The van der Waals surface area contributed by atoms with E-state index in [1.54, 1.807) is 7.11 Å². The summed E-state index contributed by atoms with van der Waals surface area (Å²) in [6.07, 6.45) is 1.69. The predicted molar refractivity (Wildman–Crippen MR) is 46.3 cm³/mol. The maximum absolute atomic E-state index is 10.5. The average Bonchev–Trinajstić information content (AvgIpc) is 2.46. The highest BCUT2D eigenvalue weighted by Crippen LogP contribution is 2.36. The Hall–Kier alpha value is -0.190. The van der Waals surface area contributed by atoms with Crippen molar-refractivity contribution >= 4 is 7.60 Å². The Morgan fingerprint density at radius 1 is 1.62 bits per heavy atom. The first-order valence-electron chi connectivity index (χ1n) is 3.92. The number of rotatable bonds is 3. The monoisotopic (exact) mass is 208 g/mol. The molecule has 5 nitrogen and oxygen atoms in total. The average molecular weight is 208 g/mol. The van der Waals surface area contributed by atoms with Crippen LogP contribution < -0.4 is 0 Å². The molecule has 6 heteroatoms. The number of hydrogen-bond acceptors (Lipinski definition) is 3. The lowest BCUT2D eigenvalue weighted by Gasteiger charge is -2.12. The highest BCUT2D eigenvalue weighted by atomic mass is 31.2. The standard InChI is InChI=1S/C7H13O5P/c1-11-6-2-4-12-7(6)3-5-13(8,9)10/h3,5-7H,2,4H2,1H3,(H2,8,9,10)/b5-3+/t6-,7-/m1/s1. The Morgan fingerprint density at radius 2 is 2.31 bits per heavy atom. The zero-order valence-electron chi connectivity index (χ0n) is 7.29. The molecule has 0 radical (unpaired) electrons. The lowest BCUT2D eigenvalue weighted by Crippen LogP contribution is -2.20. The fourth-order valence-corrected chi connectivity index (χ4v) is 1.61. The van der Waals surface area contributed by atoms with Gasteiger partial charge in [-0.2, -0.15) is 0 Å². The van der Waals surface area contributed by atoms with Crippen LogP contribution in [0.2, 0.25) is 0 Å². The molecular formula is C7H13O5P. The van der Waals surface area contributed by atoms with Gasteiger partial charge in [0.2, 0.25) is 0 Å². The smallest absolute Gasteiger partial charge is 0.348 e. The van der Waals surface area contributed by atoms with Gasteiger partial charge in [-0.25, -0.2) is 0 Å². The van der Waals surface area contributed by atoms with Crippen molar-refractivity contribution in [1.82, 2.24) is 0 Å². The largest absolute Gasteiger partial charge is 0.378 e. The third kappa shape index (κ3) is 3.58. The van der Waals surface area contributed by atoms with Crippen LogP contribution in [0.4, 0.5) is 0 Å². The Morgan fingerprint density at radius 3 is 2.85 bits per heavy atom. The van der Waals surface area contributed by atoms with Crippen LogP contribution in [0.15, 0.2) is 11.9 Å². The molecular weight excluding hydrogens is 195 g/mol. The Balaban J connectivity index is 2.53. The van der Waals surface area contributed by atoms with Crippen LogP contribution in [0.25, 0.3) is 0 Å². The van der Waals surface area contributed by atoms with E-state index in [0.717, 1.165) is 12.2 Å². The lowest BCUT2D eigenvalue weighted by molar-refractivity contribution is 0.0426. The van der Waals surface area contributed by atoms with Gasteiger partial charge in [0, 0.05) is 12.9 Å². The number of methoxy groups -OCH3 is 1. The van der Waals surface area contributed by atoms with Crippen molar-refractivity contribution in [2.45, 2.75) is 18.6 Å². The van der Waals surface area contributed by atoms with Crippen LogP contribution in [0.3, 0.4) is 0 Å². The molecule has 0 aromatic heterocycles. The fourth-order valence-electron chi connectivity index (χ4n) is 1.22. The third-order valence-corrected chi connectivity index (χ3v) is 2.41. The van der Waals surface area contributed by atoms with Crippen molar-refractivity contribution in [2.75, 3.05) is 13.7 Å².